The number of ether oxygens (including phenoxy) is 2. The second-order valence-corrected chi connectivity index (χ2v) is 2.53. The molecule has 0 fully saturated rings. The van der Waals surface area contributed by atoms with Crippen LogP contribution in [0.4, 0.5) is 0 Å². The number of rotatable bonds is 2. The molecule has 4 heteroatoms. The summed E-state index contributed by atoms with van der Waals surface area (Å²) < 4.78 is 9.73. The second kappa shape index (κ2) is 4.09. The van der Waals surface area contributed by atoms with Crippen LogP contribution in [-0.2, 0) is 14.3 Å². The van der Waals surface area contributed by atoms with E-state index in [4.69, 9.17) is 9.47 Å². The first-order valence-corrected chi connectivity index (χ1v) is 4.05. The molecule has 1 aliphatic rings. The largest absolute Gasteiger partial charge is 0.484 e. The Morgan fingerprint density at radius 3 is 3.00 bits per heavy atom. The van der Waals surface area contributed by atoms with Crippen molar-refractivity contribution in [2.45, 2.75) is 25.8 Å². The quantitative estimate of drug-likeness (QED) is 0.576. The van der Waals surface area contributed by atoms with Gasteiger partial charge in [0.05, 0.1) is 13.7 Å². The van der Waals surface area contributed by atoms with Crippen molar-refractivity contribution < 1.29 is 14.3 Å². The standard InChI is InChI=1S/C8H13NO3/c1-3-12-8(10)6-4-5-7(9-6)11-2/h6H,3-5H2,1-2H3/t6-/m0/s1. The normalized spacial score (nSPS) is 21.8. The van der Waals surface area contributed by atoms with Gasteiger partial charge in [-0.3, -0.25) is 0 Å². The zero-order valence-electron chi connectivity index (χ0n) is 7.37. The minimum atomic E-state index is -0.333. The van der Waals surface area contributed by atoms with Gasteiger partial charge >= 0.3 is 5.97 Å². The molecule has 1 rings (SSSR count). The van der Waals surface area contributed by atoms with Gasteiger partial charge in [0.1, 0.15) is 0 Å². The van der Waals surface area contributed by atoms with Crippen molar-refractivity contribution in [2.75, 3.05) is 13.7 Å². The summed E-state index contributed by atoms with van der Waals surface area (Å²) in [5.74, 6) is 0.401. The molecule has 0 radical (unpaired) electrons. The fourth-order valence-corrected chi connectivity index (χ4v) is 1.13. The number of aliphatic imine (C=N–C) groups is 1. The molecule has 0 saturated carbocycles. The summed E-state index contributed by atoms with van der Waals surface area (Å²) in [4.78, 5) is 15.2. The van der Waals surface area contributed by atoms with Gasteiger partial charge < -0.3 is 9.47 Å². The molecular weight excluding hydrogens is 158 g/mol. The van der Waals surface area contributed by atoms with Crippen molar-refractivity contribution in [1.82, 2.24) is 0 Å². The van der Waals surface area contributed by atoms with Gasteiger partial charge in [0, 0.05) is 6.42 Å². The van der Waals surface area contributed by atoms with E-state index in [0.29, 0.717) is 18.9 Å². The number of carbonyl (C=O) groups is 1. The topological polar surface area (TPSA) is 47.9 Å². The summed E-state index contributed by atoms with van der Waals surface area (Å²) in [5.41, 5.74) is 0. The lowest BCUT2D eigenvalue weighted by atomic mass is 10.2. The molecule has 0 spiro atoms. The van der Waals surface area contributed by atoms with E-state index in [-0.39, 0.29) is 12.0 Å². The van der Waals surface area contributed by atoms with Crippen molar-refractivity contribution in [1.29, 1.82) is 0 Å². The molecule has 0 saturated heterocycles. The Morgan fingerprint density at radius 1 is 1.75 bits per heavy atom. The molecular formula is C8H13NO3. The molecule has 0 aromatic heterocycles. The van der Waals surface area contributed by atoms with Gasteiger partial charge in [0.15, 0.2) is 11.9 Å². The van der Waals surface area contributed by atoms with Crippen LogP contribution in [0.25, 0.3) is 0 Å². The Kier molecular flexibility index (Phi) is 3.08. The van der Waals surface area contributed by atoms with Crippen molar-refractivity contribution in [3.05, 3.63) is 0 Å². The molecule has 0 N–H and O–H groups in total. The van der Waals surface area contributed by atoms with Crippen LogP contribution in [0.2, 0.25) is 0 Å². The maximum Gasteiger partial charge on any atom is 0.330 e. The lowest BCUT2D eigenvalue weighted by Gasteiger charge is -2.03. The van der Waals surface area contributed by atoms with Gasteiger partial charge in [0.25, 0.3) is 0 Å². The monoisotopic (exact) mass is 171 g/mol. The highest BCUT2D eigenvalue weighted by molar-refractivity contribution is 5.86. The second-order valence-electron chi connectivity index (χ2n) is 2.53. The van der Waals surface area contributed by atoms with E-state index in [1.54, 1.807) is 14.0 Å². The number of hydrogen-bond acceptors (Lipinski definition) is 4. The number of methoxy groups -OCH3 is 1. The molecule has 0 amide bonds. The van der Waals surface area contributed by atoms with Crippen LogP contribution < -0.4 is 0 Å². The predicted molar refractivity (Wildman–Crippen MR) is 44.1 cm³/mol. The molecule has 0 aromatic carbocycles. The fraction of sp³-hybridized carbons (Fsp3) is 0.750. The first-order valence-electron chi connectivity index (χ1n) is 4.05. The predicted octanol–water partition coefficient (Wildman–Crippen LogP) is 0.757. The van der Waals surface area contributed by atoms with Crippen LogP contribution >= 0.6 is 0 Å². The number of esters is 1. The lowest BCUT2D eigenvalue weighted by molar-refractivity contribution is -0.144. The highest BCUT2D eigenvalue weighted by atomic mass is 16.5. The zero-order chi connectivity index (χ0) is 8.97. The van der Waals surface area contributed by atoms with Crippen LogP contribution in [0, 0.1) is 0 Å². The van der Waals surface area contributed by atoms with E-state index in [0.717, 1.165) is 6.42 Å². The van der Waals surface area contributed by atoms with Crippen LogP contribution in [0.3, 0.4) is 0 Å². The highest BCUT2D eigenvalue weighted by Crippen LogP contribution is 2.14. The molecule has 0 unspecified atom stereocenters. The third-order valence-corrected chi connectivity index (χ3v) is 1.73. The maximum atomic E-state index is 11.1. The fourth-order valence-electron chi connectivity index (χ4n) is 1.13. The van der Waals surface area contributed by atoms with Gasteiger partial charge in [-0.2, -0.15) is 0 Å². The molecule has 1 atom stereocenters. The average Bonchev–Trinajstić information content (AvgIpc) is 2.52. The SMILES string of the molecule is CCOC(=O)[C@@H]1CCC(OC)=N1. The Bertz CT molecular complexity index is 200. The first-order chi connectivity index (χ1) is 5.77. The molecule has 1 heterocycles. The number of carbonyl (C=O) groups excluding carboxylic acids is 1. The molecule has 0 bridgehead atoms. The third-order valence-electron chi connectivity index (χ3n) is 1.73. The minimum absolute atomic E-state index is 0.246. The summed E-state index contributed by atoms with van der Waals surface area (Å²) in [5, 5.41) is 0. The summed E-state index contributed by atoms with van der Waals surface area (Å²) in [6.07, 6.45) is 1.45. The van der Waals surface area contributed by atoms with Crippen molar-refractivity contribution in [3.8, 4) is 0 Å². The summed E-state index contributed by atoms with van der Waals surface area (Å²) >= 11 is 0. The van der Waals surface area contributed by atoms with Crippen LogP contribution in [0.5, 0.6) is 0 Å². The van der Waals surface area contributed by atoms with Crippen LogP contribution in [0.1, 0.15) is 19.8 Å². The minimum Gasteiger partial charge on any atom is -0.484 e. The van der Waals surface area contributed by atoms with Gasteiger partial charge in [-0.15, -0.1) is 0 Å². The van der Waals surface area contributed by atoms with Gasteiger partial charge in [-0.25, -0.2) is 9.79 Å². The van der Waals surface area contributed by atoms with E-state index in [1.807, 2.05) is 0 Å². The third kappa shape index (κ3) is 1.96. The summed E-state index contributed by atoms with van der Waals surface area (Å²) in [6, 6.07) is -0.333. The van der Waals surface area contributed by atoms with Crippen molar-refractivity contribution in [2.24, 2.45) is 4.99 Å². The summed E-state index contributed by atoms with van der Waals surface area (Å²) in [6.45, 7) is 2.20. The highest BCUT2D eigenvalue weighted by Gasteiger charge is 2.25. The van der Waals surface area contributed by atoms with Gasteiger partial charge in [-0.1, -0.05) is 0 Å². The van der Waals surface area contributed by atoms with Gasteiger partial charge in [0.2, 0.25) is 0 Å². The number of nitrogens with zero attached hydrogens (tertiary/aromatic N) is 1. The van der Waals surface area contributed by atoms with Crippen molar-refractivity contribution >= 4 is 11.9 Å². The average molecular weight is 171 g/mol. The molecule has 4 nitrogen and oxygen atoms in total. The van der Waals surface area contributed by atoms with Crippen LogP contribution in [0.15, 0.2) is 4.99 Å². The van der Waals surface area contributed by atoms with E-state index >= 15 is 0 Å². The zero-order valence-corrected chi connectivity index (χ0v) is 7.37. The first kappa shape index (κ1) is 9.03. The Morgan fingerprint density at radius 2 is 2.50 bits per heavy atom. The molecule has 0 aliphatic carbocycles. The Hall–Kier alpha value is -1.06. The van der Waals surface area contributed by atoms with Crippen molar-refractivity contribution in [3.63, 3.8) is 0 Å². The smallest absolute Gasteiger partial charge is 0.330 e. The van der Waals surface area contributed by atoms with E-state index in [9.17, 15) is 4.79 Å². The van der Waals surface area contributed by atoms with E-state index in [1.165, 1.54) is 0 Å². The summed E-state index contributed by atoms with van der Waals surface area (Å²) in [7, 11) is 1.56. The maximum absolute atomic E-state index is 11.1. The number of hydrogen-bond donors (Lipinski definition) is 0. The van der Waals surface area contributed by atoms with Crippen LogP contribution in [-0.4, -0.2) is 31.6 Å². The Balaban J connectivity index is 2.45. The van der Waals surface area contributed by atoms with E-state index in [2.05, 4.69) is 4.99 Å². The van der Waals surface area contributed by atoms with E-state index < -0.39 is 0 Å². The molecule has 12 heavy (non-hydrogen) atoms. The molecule has 0 aromatic rings. The lowest BCUT2D eigenvalue weighted by Crippen LogP contribution is -2.18. The molecule has 1 aliphatic heterocycles. The van der Waals surface area contributed by atoms with Gasteiger partial charge in [-0.05, 0) is 13.3 Å². The molecule has 68 valence electrons. The Labute approximate surface area is 71.6 Å².